The summed E-state index contributed by atoms with van der Waals surface area (Å²) in [6, 6.07) is 12.3. The lowest BCUT2D eigenvalue weighted by atomic mass is 10.2. The summed E-state index contributed by atoms with van der Waals surface area (Å²) in [4.78, 5) is 9.04. The number of H-pyrrole nitrogens is 1. The van der Waals surface area contributed by atoms with Crippen LogP contribution in [0.1, 0.15) is 11.4 Å². The highest BCUT2D eigenvalue weighted by molar-refractivity contribution is 7.13. The Morgan fingerprint density at radius 1 is 1.21 bits per heavy atom. The number of aromatic amines is 1. The summed E-state index contributed by atoms with van der Waals surface area (Å²) in [6.45, 7) is 2.82. The Morgan fingerprint density at radius 3 is 2.79 bits per heavy atom. The van der Waals surface area contributed by atoms with Gasteiger partial charge in [0.15, 0.2) is 0 Å². The van der Waals surface area contributed by atoms with Crippen molar-refractivity contribution in [1.29, 1.82) is 0 Å². The molecule has 0 saturated heterocycles. The molecule has 0 aliphatic carbocycles. The Morgan fingerprint density at radius 2 is 2.05 bits per heavy atom. The van der Waals surface area contributed by atoms with Crippen LogP contribution >= 0.6 is 11.3 Å². The van der Waals surface area contributed by atoms with E-state index in [0.717, 1.165) is 17.2 Å². The second-order valence-electron chi connectivity index (χ2n) is 4.40. The average molecular weight is 269 g/mol. The lowest BCUT2D eigenvalue weighted by molar-refractivity contribution is 1.00. The lowest BCUT2D eigenvalue weighted by Crippen LogP contribution is -2.00. The summed E-state index contributed by atoms with van der Waals surface area (Å²) in [6.07, 6.45) is 1.90. The van der Waals surface area contributed by atoms with Crippen LogP contribution in [-0.2, 0) is 6.54 Å². The Kier molecular flexibility index (Phi) is 3.33. The van der Waals surface area contributed by atoms with Gasteiger partial charge in [-0.3, -0.25) is 0 Å². The van der Waals surface area contributed by atoms with Gasteiger partial charge in [-0.05, 0) is 36.1 Å². The normalized spacial score (nSPS) is 10.6. The Balaban J connectivity index is 1.71. The molecule has 0 aliphatic heterocycles. The molecule has 0 atom stereocenters. The van der Waals surface area contributed by atoms with Crippen LogP contribution in [0.5, 0.6) is 0 Å². The van der Waals surface area contributed by atoms with Gasteiger partial charge in [0, 0.05) is 5.69 Å². The number of hydrogen-bond donors (Lipinski definition) is 2. The molecule has 0 aliphatic rings. The molecule has 2 heterocycles. The summed E-state index contributed by atoms with van der Waals surface area (Å²) in [5.41, 5.74) is 3.49. The number of thiophene rings is 1. The van der Waals surface area contributed by atoms with Gasteiger partial charge in [-0.1, -0.05) is 18.2 Å². The molecule has 0 radical (unpaired) electrons. The quantitative estimate of drug-likeness (QED) is 0.750. The third-order valence-electron chi connectivity index (χ3n) is 2.97. The van der Waals surface area contributed by atoms with E-state index in [2.05, 4.69) is 33.7 Å². The monoisotopic (exact) mass is 269 g/mol. The standard InChI is InChI=1S/C15H15N3S/c1-11-7-8-19-15(11)13-9-17-14(18-13)10-16-12-5-3-2-4-6-12/h2-9,16H,10H2,1H3,(H,17,18). The van der Waals surface area contributed by atoms with E-state index in [1.165, 1.54) is 10.4 Å². The van der Waals surface area contributed by atoms with E-state index in [4.69, 9.17) is 0 Å². The zero-order valence-electron chi connectivity index (χ0n) is 10.7. The second-order valence-corrected chi connectivity index (χ2v) is 5.31. The number of anilines is 1. The van der Waals surface area contributed by atoms with Gasteiger partial charge in [-0.15, -0.1) is 11.3 Å². The predicted octanol–water partition coefficient (Wildman–Crippen LogP) is 4.06. The van der Waals surface area contributed by atoms with Gasteiger partial charge in [-0.2, -0.15) is 0 Å². The molecule has 4 heteroatoms. The third-order valence-corrected chi connectivity index (χ3v) is 4.02. The molecule has 96 valence electrons. The van der Waals surface area contributed by atoms with E-state index in [1.54, 1.807) is 11.3 Å². The fraction of sp³-hybridized carbons (Fsp3) is 0.133. The molecule has 0 fully saturated rings. The highest BCUT2D eigenvalue weighted by atomic mass is 32.1. The Hall–Kier alpha value is -2.07. The molecule has 2 N–H and O–H groups in total. The lowest BCUT2D eigenvalue weighted by Gasteiger charge is -2.03. The van der Waals surface area contributed by atoms with E-state index < -0.39 is 0 Å². The van der Waals surface area contributed by atoms with Crippen LogP contribution < -0.4 is 5.32 Å². The molecule has 3 aromatic rings. The molecule has 0 amide bonds. The molecular weight excluding hydrogens is 254 g/mol. The van der Waals surface area contributed by atoms with Gasteiger partial charge in [0.2, 0.25) is 0 Å². The maximum atomic E-state index is 4.42. The number of nitrogens with zero attached hydrogens (tertiary/aromatic N) is 1. The minimum atomic E-state index is 0.703. The molecule has 3 nitrogen and oxygen atoms in total. The van der Waals surface area contributed by atoms with Crippen LogP contribution in [-0.4, -0.2) is 9.97 Å². The first kappa shape index (κ1) is 12.0. The van der Waals surface area contributed by atoms with E-state index >= 15 is 0 Å². The summed E-state index contributed by atoms with van der Waals surface area (Å²) in [5.74, 6) is 0.951. The van der Waals surface area contributed by atoms with E-state index in [0.29, 0.717) is 6.54 Å². The zero-order chi connectivity index (χ0) is 13.1. The van der Waals surface area contributed by atoms with E-state index in [-0.39, 0.29) is 0 Å². The molecule has 0 unspecified atom stereocenters. The van der Waals surface area contributed by atoms with Crippen LogP contribution in [0.15, 0.2) is 48.0 Å². The first-order valence-electron chi connectivity index (χ1n) is 6.20. The fourth-order valence-electron chi connectivity index (χ4n) is 1.96. The van der Waals surface area contributed by atoms with Crippen molar-refractivity contribution in [3.8, 4) is 10.6 Å². The SMILES string of the molecule is Cc1ccsc1-c1cnc(CNc2ccccc2)[nH]1. The van der Waals surface area contributed by atoms with Gasteiger partial charge >= 0.3 is 0 Å². The number of imidazole rings is 1. The van der Waals surface area contributed by atoms with Crippen LogP contribution in [0.2, 0.25) is 0 Å². The number of rotatable bonds is 4. The van der Waals surface area contributed by atoms with Gasteiger partial charge in [0.25, 0.3) is 0 Å². The number of hydrogen-bond acceptors (Lipinski definition) is 3. The number of aromatic nitrogens is 2. The topological polar surface area (TPSA) is 40.7 Å². The molecule has 2 aromatic heterocycles. The van der Waals surface area contributed by atoms with Crippen molar-refractivity contribution in [3.63, 3.8) is 0 Å². The van der Waals surface area contributed by atoms with Crippen molar-refractivity contribution < 1.29 is 0 Å². The third kappa shape index (κ3) is 2.69. The van der Waals surface area contributed by atoms with Crippen molar-refractivity contribution in [2.75, 3.05) is 5.32 Å². The zero-order valence-corrected chi connectivity index (χ0v) is 11.5. The molecule has 0 saturated carbocycles. The molecule has 0 spiro atoms. The van der Waals surface area contributed by atoms with Crippen molar-refractivity contribution >= 4 is 17.0 Å². The van der Waals surface area contributed by atoms with Crippen LogP contribution in [0.25, 0.3) is 10.6 Å². The summed E-state index contributed by atoms with van der Waals surface area (Å²) >= 11 is 1.74. The predicted molar refractivity (Wildman–Crippen MR) is 80.4 cm³/mol. The maximum absolute atomic E-state index is 4.42. The van der Waals surface area contributed by atoms with Crippen molar-refractivity contribution in [2.45, 2.75) is 13.5 Å². The minimum absolute atomic E-state index is 0.703. The largest absolute Gasteiger partial charge is 0.378 e. The number of para-hydroxylation sites is 1. The number of nitrogens with one attached hydrogen (secondary N) is 2. The first-order chi connectivity index (χ1) is 9.33. The molecule has 19 heavy (non-hydrogen) atoms. The Bertz CT molecular complexity index is 655. The first-order valence-corrected chi connectivity index (χ1v) is 7.08. The average Bonchev–Trinajstić information content (AvgIpc) is 3.06. The molecule has 1 aromatic carbocycles. The van der Waals surface area contributed by atoms with Gasteiger partial charge in [0.05, 0.1) is 23.3 Å². The van der Waals surface area contributed by atoms with Crippen LogP contribution in [0, 0.1) is 6.92 Å². The van der Waals surface area contributed by atoms with Crippen molar-refractivity contribution in [2.24, 2.45) is 0 Å². The fourth-order valence-corrected chi connectivity index (χ4v) is 2.85. The van der Waals surface area contributed by atoms with Gasteiger partial charge in [-0.25, -0.2) is 4.98 Å². The smallest absolute Gasteiger partial charge is 0.125 e. The maximum Gasteiger partial charge on any atom is 0.125 e. The summed E-state index contributed by atoms with van der Waals surface area (Å²) < 4.78 is 0. The molecule has 3 rings (SSSR count). The Labute approximate surface area is 116 Å². The van der Waals surface area contributed by atoms with E-state index in [9.17, 15) is 0 Å². The highest BCUT2D eigenvalue weighted by Crippen LogP contribution is 2.27. The van der Waals surface area contributed by atoms with Gasteiger partial charge in [0.1, 0.15) is 5.82 Å². The van der Waals surface area contributed by atoms with Gasteiger partial charge < -0.3 is 10.3 Å². The molecular formula is C15H15N3S. The van der Waals surface area contributed by atoms with Crippen LogP contribution in [0.3, 0.4) is 0 Å². The number of benzene rings is 1. The van der Waals surface area contributed by atoms with Crippen molar-refractivity contribution in [3.05, 3.63) is 59.4 Å². The number of aryl methyl sites for hydroxylation is 1. The second kappa shape index (κ2) is 5.28. The summed E-state index contributed by atoms with van der Waals surface area (Å²) in [5, 5.41) is 5.45. The van der Waals surface area contributed by atoms with E-state index in [1.807, 2.05) is 36.5 Å². The summed E-state index contributed by atoms with van der Waals surface area (Å²) in [7, 11) is 0. The molecule has 0 bridgehead atoms. The van der Waals surface area contributed by atoms with Crippen molar-refractivity contribution in [1.82, 2.24) is 9.97 Å². The minimum Gasteiger partial charge on any atom is -0.378 e. The highest BCUT2D eigenvalue weighted by Gasteiger charge is 2.06. The van der Waals surface area contributed by atoms with Crippen LogP contribution in [0.4, 0.5) is 5.69 Å².